The van der Waals surface area contributed by atoms with Gasteiger partial charge in [-0.25, -0.2) is 13.2 Å². The highest BCUT2D eigenvalue weighted by atomic mass is 32.2. The average Bonchev–Trinajstić information content (AvgIpc) is 2.81. The van der Waals surface area contributed by atoms with E-state index in [4.69, 9.17) is 31.9 Å². The second-order valence-corrected chi connectivity index (χ2v) is 10.1. The number of guanidine groups is 1. The third-order valence-corrected chi connectivity index (χ3v) is 6.38. The number of sulfonamides is 1. The fourth-order valence-electron chi connectivity index (χ4n) is 3.07. The fourth-order valence-corrected chi connectivity index (χ4v) is 4.13. The van der Waals surface area contributed by atoms with Crippen LogP contribution in [0.3, 0.4) is 0 Å². The number of pyridine rings is 1. The first-order valence-electron chi connectivity index (χ1n) is 11.0. The average molecular weight is 579 g/mol. The zero-order valence-electron chi connectivity index (χ0n) is 21.3. The second-order valence-electron chi connectivity index (χ2n) is 8.37. The van der Waals surface area contributed by atoms with Crippen molar-refractivity contribution < 1.29 is 41.1 Å². The van der Waals surface area contributed by atoms with E-state index in [1.54, 1.807) is 19.1 Å². The molecule has 0 bridgehead atoms. The number of amides is 1. The number of nitrogens with zero attached hydrogens (tertiary/aromatic N) is 2. The molecule has 13 nitrogen and oxygen atoms in total. The van der Waals surface area contributed by atoms with E-state index >= 15 is 0 Å². The molecule has 8 N–H and O–H groups in total. The molecule has 0 aliphatic carbocycles. The maximum atomic E-state index is 13.1. The number of halogens is 3. The number of carboxylic acids is 1. The maximum absolute atomic E-state index is 13.1. The predicted octanol–water partition coefficient (Wildman–Crippen LogP) is 1.33. The number of primary amides is 1. The van der Waals surface area contributed by atoms with Gasteiger partial charge < -0.3 is 27.1 Å². The van der Waals surface area contributed by atoms with Gasteiger partial charge in [0.2, 0.25) is 11.9 Å². The number of nitrogens with one attached hydrogen (secondary N) is 1. The number of oxime groups is 1. The van der Waals surface area contributed by atoms with Crippen LogP contribution < -0.4 is 27.5 Å². The molecule has 2 unspecified atom stereocenters. The summed E-state index contributed by atoms with van der Waals surface area (Å²) in [6.45, 7) is 6.99. The predicted molar refractivity (Wildman–Crippen MR) is 135 cm³/mol. The number of carbonyl (C=O) groups is 2. The third kappa shape index (κ3) is 9.20. The lowest BCUT2D eigenvalue weighted by Gasteiger charge is -2.24. The molecule has 0 saturated heterocycles. The number of aryl methyl sites for hydroxylation is 1. The van der Waals surface area contributed by atoms with Crippen LogP contribution in [0.15, 0.2) is 51.2 Å². The first kappa shape index (κ1) is 32.7. The topological polar surface area (TPSA) is 222 Å². The minimum absolute atomic E-state index is 0.00987. The van der Waals surface area contributed by atoms with Crippen LogP contribution in [0.4, 0.5) is 18.9 Å². The van der Waals surface area contributed by atoms with Crippen LogP contribution in [-0.2, 0) is 24.4 Å². The van der Waals surface area contributed by atoms with Crippen molar-refractivity contribution in [2.24, 2.45) is 22.4 Å². The molecule has 39 heavy (non-hydrogen) atoms. The molecule has 0 fully saturated rings. The van der Waals surface area contributed by atoms with E-state index in [9.17, 15) is 31.2 Å². The lowest BCUT2D eigenvalue weighted by atomic mass is 10.0. The highest BCUT2D eigenvalue weighted by Gasteiger charge is 2.38. The standard InChI is InChI=1S/C20H28N6O5S.C2HF3O2/c1-11(2)14-6-8-15(9-7-14)32(29,30)25-16-10-5-12(3)26(19(16)28)17(18(21)27)13(4)31-24-20(22)23;3-2(4,5)1(6)7/h5-11,13,17,25H,1-4H3,(H2,21,27)(H4,22,23,24);(H,6,7). The molecule has 0 aliphatic rings. The monoisotopic (exact) mass is 578 g/mol. The normalized spacial score (nSPS) is 12.9. The molecule has 1 heterocycles. The van der Waals surface area contributed by atoms with E-state index in [2.05, 4.69) is 9.88 Å². The molecule has 2 aromatic rings. The summed E-state index contributed by atoms with van der Waals surface area (Å²) >= 11 is 0. The summed E-state index contributed by atoms with van der Waals surface area (Å²) in [7, 11) is -4.06. The number of rotatable bonds is 9. The molecule has 1 aromatic carbocycles. The Morgan fingerprint density at radius 1 is 1.05 bits per heavy atom. The summed E-state index contributed by atoms with van der Waals surface area (Å²) < 4.78 is 60.7. The molecular weight excluding hydrogens is 549 g/mol. The number of nitrogens with two attached hydrogens (primary N) is 3. The van der Waals surface area contributed by atoms with Gasteiger partial charge in [0.1, 0.15) is 5.69 Å². The number of aromatic nitrogens is 1. The molecule has 2 atom stereocenters. The first-order valence-corrected chi connectivity index (χ1v) is 12.5. The van der Waals surface area contributed by atoms with E-state index in [-0.39, 0.29) is 22.5 Å². The minimum Gasteiger partial charge on any atom is -0.475 e. The van der Waals surface area contributed by atoms with Gasteiger partial charge in [-0.05, 0) is 54.8 Å². The maximum Gasteiger partial charge on any atom is 0.490 e. The Bertz CT molecular complexity index is 1370. The van der Waals surface area contributed by atoms with Crippen molar-refractivity contribution in [2.45, 2.75) is 56.8 Å². The largest absolute Gasteiger partial charge is 0.490 e. The molecule has 1 amide bonds. The van der Waals surface area contributed by atoms with Gasteiger partial charge in [-0.1, -0.05) is 26.0 Å². The quantitative estimate of drug-likeness (QED) is 0.164. The van der Waals surface area contributed by atoms with Crippen LogP contribution >= 0.6 is 0 Å². The number of anilines is 1. The molecule has 2 rings (SSSR count). The van der Waals surface area contributed by atoms with Crippen molar-refractivity contribution in [1.29, 1.82) is 0 Å². The Morgan fingerprint density at radius 2 is 1.56 bits per heavy atom. The van der Waals surface area contributed by atoms with E-state index < -0.39 is 45.8 Å². The number of alkyl halides is 3. The molecule has 0 saturated carbocycles. The third-order valence-electron chi connectivity index (χ3n) is 5.00. The lowest BCUT2D eigenvalue weighted by Crippen LogP contribution is -2.42. The van der Waals surface area contributed by atoms with Crippen LogP contribution in [-0.4, -0.2) is 48.2 Å². The van der Waals surface area contributed by atoms with Crippen molar-refractivity contribution in [1.82, 2.24) is 4.57 Å². The molecule has 0 radical (unpaired) electrons. The van der Waals surface area contributed by atoms with Gasteiger partial charge in [0.25, 0.3) is 15.6 Å². The number of benzene rings is 1. The number of carboxylic acid groups (broad SMARTS) is 1. The Kier molecular flexibility index (Phi) is 10.9. The Labute approximate surface area is 221 Å². The number of hydrogen-bond donors (Lipinski definition) is 5. The number of hydrogen-bond acceptors (Lipinski definition) is 7. The summed E-state index contributed by atoms with van der Waals surface area (Å²) in [4.78, 5) is 39.2. The number of carbonyl (C=O) groups excluding carboxylic acids is 1. The van der Waals surface area contributed by atoms with Gasteiger partial charge in [0, 0.05) is 5.69 Å². The number of aliphatic carboxylic acids is 1. The van der Waals surface area contributed by atoms with Crippen LogP contribution in [0.5, 0.6) is 0 Å². The van der Waals surface area contributed by atoms with E-state index in [0.717, 1.165) is 10.1 Å². The van der Waals surface area contributed by atoms with Crippen LogP contribution in [0.2, 0.25) is 0 Å². The van der Waals surface area contributed by atoms with Crippen molar-refractivity contribution in [3.8, 4) is 0 Å². The van der Waals surface area contributed by atoms with Gasteiger partial charge in [0.15, 0.2) is 12.1 Å². The fraction of sp³-hybridized carbons (Fsp3) is 0.364. The van der Waals surface area contributed by atoms with E-state index in [0.29, 0.717) is 5.69 Å². The highest BCUT2D eigenvalue weighted by Crippen LogP contribution is 2.21. The second kappa shape index (κ2) is 13.0. The van der Waals surface area contributed by atoms with Gasteiger partial charge in [-0.15, -0.1) is 0 Å². The lowest BCUT2D eigenvalue weighted by molar-refractivity contribution is -0.192. The Balaban J connectivity index is 0.000000956. The van der Waals surface area contributed by atoms with Crippen molar-refractivity contribution in [2.75, 3.05) is 4.72 Å². The summed E-state index contributed by atoms with van der Waals surface area (Å²) in [5.74, 6) is -3.79. The van der Waals surface area contributed by atoms with Gasteiger partial charge >= 0.3 is 12.1 Å². The Hall–Kier alpha value is -4.28. The van der Waals surface area contributed by atoms with Gasteiger partial charge in [-0.2, -0.15) is 13.2 Å². The van der Waals surface area contributed by atoms with Gasteiger partial charge in [-0.3, -0.25) is 18.9 Å². The molecule has 216 valence electrons. The minimum atomic E-state index is -5.08. The van der Waals surface area contributed by atoms with Gasteiger partial charge in [0.05, 0.1) is 4.90 Å². The van der Waals surface area contributed by atoms with Crippen molar-refractivity contribution in [3.05, 3.63) is 58.0 Å². The Morgan fingerprint density at radius 3 is 1.97 bits per heavy atom. The molecule has 0 aliphatic heterocycles. The molecular formula is C22H29F3N6O7S. The molecule has 17 heteroatoms. The van der Waals surface area contributed by atoms with E-state index in [1.165, 1.54) is 31.2 Å². The molecule has 0 spiro atoms. The summed E-state index contributed by atoms with van der Waals surface area (Å²) in [5, 5.41) is 10.5. The van der Waals surface area contributed by atoms with Crippen molar-refractivity contribution in [3.63, 3.8) is 0 Å². The van der Waals surface area contributed by atoms with E-state index in [1.807, 2.05) is 13.8 Å². The molecule has 1 aromatic heterocycles. The first-order chi connectivity index (χ1) is 17.8. The van der Waals surface area contributed by atoms with Crippen LogP contribution in [0.25, 0.3) is 0 Å². The van der Waals surface area contributed by atoms with Crippen molar-refractivity contribution >= 4 is 33.5 Å². The zero-order valence-corrected chi connectivity index (χ0v) is 22.1. The summed E-state index contributed by atoms with van der Waals surface area (Å²) in [5.41, 5.74) is 16.2. The van der Waals surface area contributed by atoms with Crippen LogP contribution in [0, 0.1) is 6.92 Å². The SMILES string of the molecule is Cc1ccc(NS(=O)(=O)c2ccc(C(C)C)cc2)c(=O)n1C(C(N)=O)C(C)ON=C(N)N.O=C(O)C(F)(F)F. The smallest absolute Gasteiger partial charge is 0.475 e. The zero-order chi connectivity index (χ0) is 30.3. The highest BCUT2D eigenvalue weighted by molar-refractivity contribution is 7.92. The summed E-state index contributed by atoms with van der Waals surface area (Å²) in [6.07, 6.45) is -6.11. The summed E-state index contributed by atoms with van der Waals surface area (Å²) in [6, 6.07) is 7.82. The van der Waals surface area contributed by atoms with Crippen LogP contribution in [0.1, 0.15) is 44.0 Å².